The van der Waals surface area contributed by atoms with Crippen molar-refractivity contribution in [2.45, 2.75) is 45.8 Å². The Morgan fingerprint density at radius 1 is 1.28 bits per heavy atom. The molecule has 0 amide bonds. The van der Waals surface area contributed by atoms with Gasteiger partial charge in [0.15, 0.2) is 0 Å². The second kappa shape index (κ2) is 9.85. The van der Waals surface area contributed by atoms with E-state index in [2.05, 4.69) is 20.1 Å². The molecular formula is C14H24O4. The van der Waals surface area contributed by atoms with Crippen molar-refractivity contribution in [3.8, 4) is 0 Å². The second-order valence-electron chi connectivity index (χ2n) is 4.41. The van der Waals surface area contributed by atoms with E-state index in [4.69, 9.17) is 9.47 Å². The molecule has 0 heterocycles. The summed E-state index contributed by atoms with van der Waals surface area (Å²) in [6, 6.07) is 0. The number of unbranched alkanes of at least 4 members (excludes halogenated alkanes) is 2. The van der Waals surface area contributed by atoms with E-state index in [1.165, 1.54) is 0 Å². The maximum atomic E-state index is 11.5. The summed E-state index contributed by atoms with van der Waals surface area (Å²) in [5.41, 5.74) is 1.07. The van der Waals surface area contributed by atoms with Crippen LogP contribution in [0, 0.1) is 0 Å². The van der Waals surface area contributed by atoms with Crippen LogP contribution < -0.4 is 0 Å². The van der Waals surface area contributed by atoms with Gasteiger partial charge in [0, 0.05) is 6.42 Å². The fraction of sp³-hybridized carbons (Fsp3) is 0.643. The van der Waals surface area contributed by atoms with Gasteiger partial charge in [-0.05, 0) is 13.3 Å². The van der Waals surface area contributed by atoms with Crippen molar-refractivity contribution in [3.63, 3.8) is 0 Å². The Morgan fingerprint density at radius 3 is 2.50 bits per heavy atom. The van der Waals surface area contributed by atoms with Crippen LogP contribution in [0.1, 0.15) is 39.5 Å². The molecule has 0 radical (unpaired) electrons. The number of carbonyl (C=O) groups excluding carboxylic acids is 1. The van der Waals surface area contributed by atoms with Gasteiger partial charge in [-0.1, -0.05) is 38.5 Å². The van der Waals surface area contributed by atoms with Crippen LogP contribution in [-0.4, -0.2) is 30.6 Å². The number of esters is 1. The SMILES string of the molecule is C=C(C)COCC(=C)C(=O)OC(O)CCCCC. The van der Waals surface area contributed by atoms with Crippen molar-refractivity contribution >= 4 is 5.97 Å². The van der Waals surface area contributed by atoms with Crippen LogP contribution in [0.15, 0.2) is 24.3 Å². The average molecular weight is 256 g/mol. The molecule has 4 heteroatoms. The Balaban J connectivity index is 3.78. The van der Waals surface area contributed by atoms with E-state index in [9.17, 15) is 9.90 Å². The highest BCUT2D eigenvalue weighted by Crippen LogP contribution is 2.07. The lowest BCUT2D eigenvalue weighted by Gasteiger charge is -2.13. The third kappa shape index (κ3) is 8.96. The normalized spacial score (nSPS) is 11.9. The molecule has 0 fully saturated rings. The van der Waals surface area contributed by atoms with Gasteiger partial charge >= 0.3 is 5.97 Å². The molecule has 0 bridgehead atoms. The number of carbonyl (C=O) groups is 1. The third-order valence-corrected chi connectivity index (χ3v) is 2.21. The van der Waals surface area contributed by atoms with Gasteiger partial charge < -0.3 is 14.6 Å². The molecule has 18 heavy (non-hydrogen) atoms. The summed E-state index contributed by atoms with van der Waals surface area (Å²) in [6.45, 7) is 11.6. The largest absolute Gasteiger partial charge is 0.433 e. The Labute approximate surface area is 109 Å². The van der Waals surface area contributed by atoms with Gasteiger partial charge in [-0.15, -0.1) is 0 Å². The monoisotopic (exact) mass is 256 g/mol. The Hall–Kier alpha value is -1.13. The van der Waals surface area contributed by atoms with Crippen molar-refractivity contribution in [1.82, 2.24) is 0 Å². The lowest BCUT2D eigenvalue weighted by molar-refractivity contribution is -0.164. The minimum absolute atomic E-state index is 0.0906. The van der Waals surface area contributed by atoms with E-state index in [1.54, 1.807) is 0 Å². The highest BCUT2D eigenvalue weighted by molar-refractivity contribution is 5.88. The molecule has 1 N–H and O–H groups in total. The molecule has 1 unspecified atom stereocenters. The first-order chi connectivity index (χ1) is 8.47. The first-order valence-electron chi connectivity index (χ1n) is 6.26. The molecule has 0 saturated heterocycles. The van der Waals surface area contributed by atoms with Crippen LogP contribution in [0.2, 0.25) is 0 Å². The van der Waals surface area contributed by atoms with Crippen molar-refractivity contribution in [3.05, 3.63) is 24.3 Å². The van der Waals surface area contributed by atoms with Gasteiger partial charge in [-0.2, -0.15) is 0 Å². The summed E-state index contributed by atoms with van der Waals surface area (Å²) in [6.07, 6.45) is 2.31. The molecule has 4 nitrogen and oxygen atoms in total. The number of aliphatic hydroxyl groups excluding tert-OH is 1. The molecule has 104 valence electrons. The summed E-state index contributed by atoms with van der Waals surface area (Å²) >= 11 is 0. The molecule has 0 aromatic rings. The minimum Gasteiger partial charge on any atom is -0.433 e. The smallest absolute Gasteiger partial charge is 0.338 e. The van der Waals surface area contributed by atoms with E-state index in [-0.39, 0.29) is 12.2 Å². The topological polar surface area (TPSA) is 55.8 Å². The van der Waals surface area contributed by atoms with Crippen LogP contribution in [0.5, 0.6) is 0 Å². The number of rotatable bonds is 10. The fourth-order valence-corrected chi connectivity index (χ4v) is 1.24. The first-order valence-corrected chi connectivity index (χ1v) is 6.26. The first kappa shape index (κ1) is 16.9. The molecule has 1 atom stereocenters. The van der Waals surface area contributed by atoms with Gasteiger partial charge in [-0.25, -0.2) is 4.79 Å². The second-order valence-corrected chi connectivity index (χ2v) is 4.41. The molecule has 0 aromatic carbocycles. The number of aliphatic hydroxyl groups is 1. The zero-order chi connectivity index (χ0) is 14.0. The van der Waals surface area contributed by atoms with Crippen molar-refractivity contribution in [1.29, 1.82) is 0 Å². The molecule has 0 aliphatic rings. The summed E-state index contributed by atoms with van der Waals surface area (Å²) in [4.78, 5) is 11.5. The molecular weight excluding hydrogens is 232 g/mol. The van der Waals surface area contributed by atoms with Crippen LogP contribution in [0.3, 0.4) is 0 Å². The Bertz CT molecular complexity index is 284. The Morgan fingerprint density at radius 2 is 1.94 bits per heavy atom. The maximum absolute atomic E-state index is 11.5. The van der Waals surface area contributed by atoms with Gasteiger partial charge in [0.1, 0.15) is 0 Å². The van der Waals surface area contributed by atoms with Crippen molar-refractivity contribution < 1.29 is 19.4 Å². The standard InChI is InChI=1S/C14H24O4/c1-5-6-7-8-13(15)18-14(16)12(4)10-17-9-11(2)3/h13,15H,2,4-10H2,1,3H3. The highest BCUT2D eigenvalue weighted by atomic mass is 16.6. The predicted octanol–water partition coefficient (Wildman–Crippen LogP) is 2.58. The number of ether oxygens (including phenoxy) is 2. The van der Waals surface area contributed by atoms with E-state index >= 15 is 0 Å². The van der Waals surface area contributed by atoms with E-state index in [0.29, 0.717) is 13.0 Å². The van der Waals surface area contributed by atoms with Crippen LogP contribution in [-0.2, 0) is 14.3 Å². The zero-order valence-electron chi connectivity index (χ0n) is 11.4. The van der Waals surface area contributed by atoms with E-state index < -0.39 is 12.3 Å². The van der Waals surface area contributed by atoms with Crippen LogP contribution >= 0.6 is 0 Å². The summed E-state index contributed by atoms with van der Waals surface area (Å²) in [7, 11) is 0. The van der Waals surface area contributed by atoms with E-state index in [0.717, 1.165) is 24.8 Å². The van der Waals surface area contributed by atoms with Gasteiger partial charge in [0.2, 0.25) is 6.29 Å². The van der Waals surface area contributed by atoms with Crippen LogP contribution in [0.25, 0.3) is 0 Å². The number of hydrogen-bond donors (Lipinski definition) is 1. The summed E-state index contributed by atoms with van der Waals surface area (Å²) < 4.78 is 10.0. The van der Waals surface area contributed by atoms with Crippen molar-refractivity contribution in [2.24, 2.45) is 0 Å². The average Bonchev–Trinajstić information content (AvgIpc) is 2.28. The highest BCUT2D eigenvalue weighted by Gasteiger charge is 2.14. The molecule has 0 aliphatic heterocycles. The van der Waals surface area contributed by atoms with Gasteiger partial charge in [-0.3, -0.25) is 0 Å². The molecule has 0 aliphatic carbocycles. The quantitative estimate of drug-likeness (QED) is 0.214. The lowest BCUT2D eigenvalue weighted by atomic mass is 10.2. The minimum atomic E-state index is -1.05. The van der Waals surface area contributed by atoms with Crippen LogP contribution in [0.4, 0.5) is 0 Å². The molecule has 0 aromatic heterocycles. The predicted molar refractivity (Wildman–Crippen MR) is 71.0 cm³/mol. The maximum Gasteiger partial charge on any atom is 0.338 e. The van der Waals surface area contributed by atoms with Gasteiger partial charge in [0.25, 0.3) is 0 Å². The molecule has 0 spiro atoms. The summed E-state index contributed by atoms with van der Waals surface area (Å²) in [5, 5.41) is 9.47. The molecule has 0 rings (SSSR count). The zero-order valence-corrected chi connectivity index (χ0v) is 11.4. The molecule has 0 saturated carbocycles. The summed E-state index contributed by atoms with van der Waals surface area (Å²) in [5.74, 6) is -0.610. The fourth-order valence-electron chi connectivity index (χ4n) is 1.24. The van der Waals surface area contributed by atoms with E-state index in [1.807, 2.05) is 6.92 Å². The lowest BCUT2D eigenvalue weighted by Crippen LogP contribution is -2.20. The number of hydrogen-bond acceptors (Lipinski definition) is 4. The third-order valence-electron chi connectivity index (χ3n) is 2.21. The van der Waals surface area contributed by atoms with Crippen molar-refractivity contribution in [2.75, 3.05) is 13.2 Å². The van der Waals surface area contributed by atoms with Gasteiger partial charge in [0.05, 0.1) is 18.8 Å². The Kier molecular flexibility index (Phi) is 9.24.